The third-order valence-electron chi connectivity index (χ3n) is 2.35. The van der Waals surface area contributed by atoms with E-state index in [2.05, 4.69) is 12.2 Å². The number of nitrogens with one attached hydrogen (secondary N) is 1. The molecule has 1 aromatic carbocycles. The average molecular weight is 273 g/mol. The van der Waals surface area contributed by atoms with Crippen LogP contribution in [0.4, 0.5) is 5.69 Å². The first-order valence-corrected chi connectivity index (χ1v) is 6.15. The molecule has 3 N–H and O–H groups in total. The van der Waals surface area contributed by atoms with Gasteiger partial charge in [-0.2, -0.15) is 0 Å². The maximum absolute atomic E-state index is 6.13. The van der Waals surface area contributed by atoms with Crippen molar-refractivity contribution in [1.82, 2.24) is 0 Å². The molecule has 0 aliphatic rings. The maximum Gasteiger partial charge on any atom is 0.104 e. The number of hydrogen-bond donors (Lipinski definition) is 2. The zero-order valence-electron chi connectivity index (χ0n) is 10.00. The van der Waals surface area contributed by atoms with Gasteiger partial charge in [-0.15, -0.1) is 0 Å². The van der Waals surface area contributed by atoms with Crippen molar-refractivity contribution >= 4 is 34.5 Å². The number of hydrogen-bond acceptors (Lipinski definition) is 3. The van der Waals surface area contributed by atoms with Crippen LogP contribution in [0.25, 0.3) is 0 Å². The molecular weight excluding hydrogens is 256 g/mol. The summed E-state index contributed by atoms with van der Waals surface area (Å²) in [5, 5.41) is 3.89. The lowest BCUT2D eigenvalue weighted by atomic mass is 10.1. The highest BCUT2D eigenvalue weighted by atomic mass is 35.5. The van der Waals surface area contributed by atoms with Crippen LogP contribution in [0.5, 0.6) is 0 Å². The standard InChI is InChI=1S/C12H17ClN2OS/c1-8(7-16-2)6-15-11-4-3-9(12(14)17)5-10(11)13/h3-5,8,15H,6-7H2,1-2H3,(H2,14,17). The van der Waals surface area contributed by atoms with Gasteiger partial charge in [-0.05, 0) is 24.1 Å². The van der Waals surface area contributed by atoms with Crippen LogP contribution in [0, 0.1) is 5.92 Å². The predicted octanol–water partition coefficient (Wildman–Crippen LogP) is 2.67. The predicted molar refractivity (Wildman–Crippen MR) is 76.9 cm³/mol. The summed E-state index contributed by atoms with van der Waals surface area (Å²) < 4.78 is 5.07. The normalized spacial score (nSPS) is 12.2. The zero-order chi connectivity index (χ0) is 12.8. The lowest BCUT2D eigenvalue weighted by Gasteiger charge is -2.14. The summed E-state index contributed by atoms with van der Waals surface area (Å²) >= 11 is 11.0. The lowest BCUT2D eigenvalue weighted by molar-refractivity contribution is 0.164. The first-order chi connectivity index (χ1) is 8.04. The van der Waals surface area contributed by atoms with E-state index in [1.54, 1.807) is 13.2 Å². The molecule has 0 aliphatic carbocycles. The lowest BCUT2D eigenvalue weighted by Crippen LogP contribution is -2.16. The Morgan fingerprint density at radius 1 is 1.59 bits per heavy atom. The van der Waals surface area contributed by atoms with E-state index < -0.39 is 0 Å². The molecule has 94 valence electrons. The number of benzene rings is 1. The number of halogens is 1. The highest BCUT2D eigenvalue weighted by molar-refractivity contribution is 7.80. The number of rotatable bonds is 6. The van der Waals surface area contributed by atoms with Gasteiger partial charge in [-0.3, -0.25) is 0 Å². The number of methoxy groups -OCH3 is 1. The summed E-state index contributed by atoms with van der Waals surface area (Å²) in [6, 6.07) is 5.51. The molecule has 3 nitrogen and oxygen atoms in total. The van der Waals surface area contributed by atoms with Gasteiger partial charge in [0.25, 0.3) is 0 Å². The number of thiocarbonyl (C=S) groups is 1. The molecule has 0 heterocycles. The van der Waals surface area contributed by atoms with Gasteiger partial charge in [-0.25, -0.2) is 0 Å². The van der Waals surface area contributed by atoms with Crippen LogP contribution in [-0.4, -0.2) is 25.2 Å². The van der Waals surface area contributed by atoms with Crippen LogP contribution in [0.15, 0.2) is 18.2 Å². The number of nitrogens with two attached hydrogens (primary N) is 1. The Kier molecular flexibility index (Phi) is 5.68. The molecule has 0 aromatic heterocycles. The molecule has 17 heavy (non-hydrogen) atoms. The van der Waals surface area contributed by atoms with E-state index in [4.69, 9.17) is 34.3 Å². The van der Waals surface area contributed by atoms with E-state index >= 15 is 0 Å². The first-order valence-electron chi connectivity index (χ1n) is 5.36. The van der Waals surface area contributed by atoms with Gasteiger partial charge < -0.3 is 15.8 Å². The molecule has 0 radical (unpaired) electrons. The molecule has 5 heteroatoms. The van der Waals surface area contributed by atoms with Crippen LogP contribution in [0.1, 0.15) is 12.5 Å². The molecule has 1 aromatic rings. The molecule has 0 saturated carbocycles. The molecule has 0 amide bonds. The summed E-state index contributed by atoms with van der Waals surface area (Å²) in [5.41, 5.74) is 7.19. The molecular formula is C12H17ClN2OS. The SMILES string of the molecule is COCC(C)CNc1ccc(C(N)=S)cc1Cl. The van der Waals surface area contributed by atoms with Crippen molar-refractivity contribution < 1.29 is 4.74 Å². The van der Waals surface area contributed by atoms with Crippen molar-refractivity contribution in [1.29, 1.82) is 0 Å². The largest absolute Gasteiger partial charge is 0.389 e. The highest BCUT2D eigenvalue weighted by Crippen LogP contribution is 2.23. The van der Waals surface area contributed by atoms with Crippen molar-refractivity contribution in [2.24, 2.45) is 11.7 Å². The molecule has 1 atom stereocenters. The third-order valence-corrected chi connectivity index (χ3v) is 2.89. The number of anilines is 1. The molecule has 0 bridgehead atoms. The van der Waals surface area contributed by atoms with Crippen molar-refractivity contribution in [3.63, 3.8) is 0 Å². The Bertz CT molecular complexity index is 398. The molecule has 0 aliphatic heterocycles. The molecule has 0 fully saturated rings. The molecule has 1 unspecified atom stereocenters. The summed E-state index contributed by atoms with van der Waals surface area (Å²) in [7, 11) is 1.69. The van der Waals surface area contributed by atoms with Gasteiger partial charge in [0.2, 0.25) is 0 Å². The van der Waals surface area contributed by atoms with Gasteiger partial charge in [0.1, 0.15) is 4.99 Å². The van der Waals surface area contributed by atoms with Crippen molar-refractivity contribution in [2.75, 3.05) is 25.6 Å². The van der Waals surface area contributed by atoms with E-state index in [-0.39, 0.29) is 0 Å². The van der Waals surface area contributed by atoms with Gasteiger partial charge in [0, 0.05) is 19.2 Å². The van der Waals surface area contributed by atoms with Crippen LogP contribution < -0.4 is 11.1 Å². The van der Waals surface area contributed by atoms with Crippen molar-refractivity contribution in [2.45, 2.75) is 6.92 Å². The second kappa shape index (κ2) is 6.79. The van der Waals surface area contributed by atoms with E-state index in [1.165, 1.54) is 0 Å². The fraction of sp³-hybridized carbons (Fsp3) is 0.417. The Hall–Kier alpha value is -0.840. The second-order valence-corrected chi connectivity index (χ2v) is 4.85. The van der Waals surface area contributed by atoms with Crippen LogP contribution in [0.3, 0.4) is 0 Å². The van der Waals surface area contributed by atoms with E-state index in [1.807, 2.05) is 12.1 Å². The zero-order valence-corrected chi connectivity index (χ0v) is 11.6. The monoisotopic (exact) mass is 272 g/mol. The van der Waals surface area contributed by atoms with Crippen molar-refractivity contribution in [3.05, 3.63) is 28.8 Å². The number of ether oxygens (including phenoxy) is 1. The average Bonchev–Trinajstić information content (AvgIpc) is 2.27. The fourth-order valence-electron chi connectivity index (χ4n) is 1.44. The van der Waals surface area contributed by atoms with Crippen LogP contribution in [-0.2, 0) is 4.74 Å². The summed E-state index contributed by atoms with van der Waals surface area (Å²) in [6.45, 7) is 3.63. The molecule has 0 spiro atoms. The quantitative estimate of drug-likeness (QED) is 0.782. The minimum atomic E-state index is 0.353. The second-order valence-electron chi connectivity index (χ2n) is 4.00. The van der Waals surface area contributed by atoms with E-state index in [9.17, 15) is 0 Å². The minimum Gasteiger partial charge on any atom is -0.389 e. The maximum atomic E-state index is 6.13. The fourth-order valence-corrected chi connectivity index (χ4v) is 1.81. The summed E-state index contributed by atoms with van der Waals surface area (Å²) in [4.78, 5) is 0.353. The molecule has 0 saturated heterocycles. The van der Waals surface area contributed by atoms with Crippen LogP contribution in [0.2, 0.25) is 5.02 Å². The molecule has 1 rings (SSSR count). The smallest absolute Gasteiger partial charge is 0.104 e. The van der Waals surface area contributed by atoms with Crippen LogP contribution >= 0.6 is 23.8 Å². The highest BCUT2D eigenvalue weighted by Gasteiger charge is 2.05. The van der Waals surface area contributed by atoms with Gasteiger partial charge in [0.15, 0.2) is 0 Å². The third kappa shape index (κ3) is 4.50. The minimum absolute atomic E-state index is 0.353. The van der Waals surface area contributed by atoms with Crippen molar-refractivity contribution in [3.8, 4) is 0 Å². The van der Waals surface area contributed by atoms with E-state index in [0.717, 1.165) is 24.4 Å². The topological polar surface area (TPSA) is 47.3 Å². The Balaban J connectivity index is 2.63. The Labute approximate surface area is 112 Å². The summed E-state index contributed by atoms with van der Waals surface area (Å²) in [6.07, 6.45) is 0. The summed E-state index contributed by atoms with van der Waals surface area (Å²) in [5.74, 6) is 0.423. The Morgan fingerprint density at radius 2 is 2.29 bits per heavy atom. The van der Waals surface area contributed by atoms with Gasteiger partial charge >= 0.3 is 0 Å². The Morgan fingerprint density at radius 3 is 2.82 bits per heavy atom. The van der Waals surface area contributed by atoms with Gasteiger partial charge in [-0.1, -0.05) is 30.7 Å². The van der Waals surface area contributed by atoms with Gasteiger partial charge in [0.05, 0.1) is 17.3 Å². The van der Waals surface area contributed by atoms with E-state index in [0.29, 0.717) is 15.9 Å². The first kappa shape index (κ1) is 14.2.